The Balaban J connectivity index is 2.45. The summed E-state index contributed by atoms with van der Waals surface area (Å²) in [6.07, 6.45) is 0. The summed E-state index contributed by atoms with van der Waals surface area (Å²) in [5, 5.41) is 1.10. The lowest BCUT2D eigenvalue weighted by Gasteiger charge is -2.19. The smallest absolute Gasteiger partial charge is 0.186 e. The minimum atomic E-state index is 0.496. The molecule has 0 aliphatic rings. The quantitative estimate of drug-likeness (QED) is 0.750. The van der Waals surface area contributed by atoms with Crippen molar-refractivity contribution >= 4 is 26.7 Å². The maximum absolute atomic E-state index is 4.58. The number of para-hydroxylation sites is 1. The van der Waals surface area contributed by atoms with E-state index in [2.05, 4.69) is 49.0 Å². The Bertz CT molecular complexity index is 401. The first-order valence-electron chi connectivity index (χ1n) is 4.77. The summed E-state index contributed by atoms with van der Waals surface area (Å²) in [5.74, 6) is 0. The number of fused-ring (bicyclic) bond motifs is 1. The van der Waals surface area contributed by atoms with Crippen LogP contribution in [-0.2, 0) is 0 Å². The van der Waals surface area contributed by atoms with Crippen LogP contribution in [0, 0.1) is 0 Å². The second-order valence-corrected chi connectivity index (χ2v) is 4.68. The zero-order chi connectivity index (χ0) is 10.1. The van der Waals surface area contributed by atoms with Gasteiger partial charge < -0.3 is 4.90 Å². The average molecular weight is 206 g/mol. The number of benzene rings is 1. The van der Waals surface area contributed by atoms with Gasteiger partial charge in [0, 0.05) is 13.1 Å². The molecule has 0 unspecified atom stereocenters. The molecule has 2 rings (SSSR count). The zero-order valence-electron chi connectivity index (χ0n) is 8.69. The molecular formula is C11H14N2S. The fourth-order valence-corrected chi connectivity index (χ4v) is 2.29. The predicted octanol–water partition coefficient (Wildman–Crippen LogP) is 3.14. The third kappa shape index (κ3) is 1.60. The minimum Gasteiger partial charge on any atom is -0.349 e. The number of rotatable bonds is 2. The van der Waals surface area contributed by atoms with E-state index in [9.17, 15) is 0 Å². The number of nitrogens with zero attached hydrogens (tertiary/aromatic N) is 2. The Morgan fingerprint density at radius 3 is 2.64 bits per heavy atom. The van der Waals surface area contributed by atoms with Gasteiger partial charge in [-0.15, -0.1) is 0 Å². The van der Waals surface area contributed by atoms with Crippen LogP contribution < -0.4 is 4.90 Å². The third-order valence-corrected chi connectivity index (χ3v) is 3.49. The van der Waals surface area contributed by atoms with E-state index in [1.807, 2.05) is 6.07 Å². The van der Waals surface area contributed by atoms with Crippen molar-refractivity contribution < 1.29 is 0 Å². The Morgan fingerprint density at radius 2 is 2.00 bits per heavy atom. The molecule has 0 bridgehead atoms. The second-order valence-electron chi connectivity index (χ2n) is 3.67. The molecule has 0 fully saturated rings. The number of thiazole rings is 1. The first kappa shape index (κ1) is 9.46. The van der Waals surface area contributed by atoms with Gasteiger partial charge in [-0.2, -0.15) is 0 Å². The van der Waals surface area contributed by atoms with Crippen LogP contribution in [0.5, 0.6) is 0 Å². The molecule has 74 valence electrons. The molecular weight excluding hydrogens is 192 g/mol. The fourth-order valence-electron chi connectivity index (χ4n) is 1.23. The van der Waals surface area contributed by atoms with Gasteiger partial charge in [-0.1, -0.05) is 23.5 Å². The van der Waals surface area contributed by atoms with E-state index in [4.69, 9.17) is 0 Å². The van der Waals surface area contributed by atoms with Crippen LogP contribution >= 0.6 is 11.3 Å². The molecule has 1 aromatic carbocycles. The fraction of sp³-hybridized carbons (Fsp3) is 0.364. The Labute approximate surface area is 88.2 Å². The molecule has 3 heteroatoms. The third-order valence-electron chi connectivity index (χ3n) is 2.36. The van der Waals surface area contributed by atoms with E-state index in [1.165, 1.54) is 4.70 Å². The van der Waals surface area contributed by atoms with E-state index in [-0.39, 0.29) is 0 Å². The summed E-state index contributed by atoms with van der Waals surface area (Å²) in [7, 11) is 2.09. The van der Waals surface area contributed by atoms with Gasteiger partial charge >= 0.3 is 0 Å². The Morgan fingerprint density at radius 1 is 1.29 bits per heavy atom. The lowest BCUT2D eigenvalue weighted by Crippen LogP contribution is -2.25. The molecule has 0 spiro atoms. The van der Waals surface area contributed by atoms with E-state index >= 15 is 0 Å². The molecule has 14 heavy (non-hydrogen) atoms. The second kappa shape index (κ2) is 3.58. The number of hydrogen-bond donors (Lipinski definition) is 0. The van der Waals surface area contributed by atoms with E-state index in [1.54, 1.807) is 11.3 Å². The van der Waals surface area contributed by atoms with Gasteiger partial charge in [-0.05, 0) is 26.0 Å². The van der Waals surface area contributed by atoms with Crippen molar-refractivity contribution in [2.45, 2.75) is 19.9 Å². The molecule has 0 atom stereocenters. The summed E-state index contributed by atoms with van der Waals surface area (Å²) in [4.78, 5) is 6.78. The molecule has 0 saturated heterocycles. The van der Waals surface area contributed by atoms with E-state index in [0.717, 1.165) is 10.6 Å². The number of anilines is 1. The van der Waals surface area contributed by atoms with Crippen LogP contribution in [0.1, 0.15) is 13.8 Å². The van der Waals surface area contributed by atoms with Crippen LogP contribution in [0.4, 0.5) is 5.13 Å². The zero-order valence-corrected chi connectivity index (χ0v) is 9.51. The van der Waals surface area contributed by atoms with Crippen LogP contribution in [0.3, 0.4) is 0 Å². The summed E-state index contributed by atoms with van der Waals surface area (Å²) in [5.41, 5.74) is 1.10. The summed E-state index contributed by atoms with van der Waals surface area (Å²) in [6, 6.07) is 8.75. The van der Waals surface area contributed by atoms with Crippen molar-refractivity contribution in [1.82, 2.24) is 4.98 Å². The van der Waals surface area contributed by atoms with Gasteiger partial charge in [0.15, 0.2) is 5.13 Å². The SMILES string of the molecule is CC(C)N(C)c1nc2ccccc2s1. The minimum absolute atomic E-state index is 0.496. The molecule has 0 amide bonds. The highest BCUT2D eigenvalue weighted by atomic mass is 32.1. The topological polar surface area (TPSA) is 16.1 Å². The summed E-state index contributed by atoms with van der Waals surface area (Å²) < 4.78 is 1.26. The Kier molecular flexibility index (Phi) is 2.42. The van der Waals surface area contributed by atoms with Crippen molar-refractivity contribution in [2.24, 2.45) is 0 Å². The average Bonchev–Trinajstić information content (AvgIpc) is 2.59. The summed E-state index contributed by atoms with van der Waals surface area (Å²) >= 11 is 1.75. The lowest BCUT2D eigenvalue weighted by atomic mass is 10.3. The van der Waals surface area contributed by atoms with Crippen LogP contribution in [0.25, 0.3) is 10.2 Å². The highest BCUT2D eigenvalue weighted by molar-refractivity contribution is 7.22. The van der Waals surface area contributed by atoms with Gasteiger partial charge in [0.05, 0.1) is 10.2 Å². The van der Waals surface area contributed by atoms with Crippen molar-refractivity contribution in [1.29, 1.82) is 0 Å². The highest BCUT2D eigenvalue weighted by Crippen LogP contribution is 2.28. The van der Waals surface area contributed by atoms with Gasteiger partial charge in [0.25, 0.3) is 0 Å². The largest absolute Gasteiger partial charge is 0.349 e. The van der Waals surface area contributed by atoms with Crippen molar-refractivity contribution in [3.8, 4) is 0 Å². The van der Waals surface area contributed by atoms with E-state index < -0.39 is 0 Å². The Hall–Kier alpha value is -1.09. The van der Waals surface area contributed by atoms with Gasteiger partial charge in [-0.3, -0.25) is 0 Å². The standard InChI is InChI=1S/C11H14N2S/c1-8(2)13(3)11-12-9-6-4-5-7-10(9)14-11/h4-8H,1-3H3. The number of aromatic nitrogens is 1. The predicted molar refractivity (Wildman–Crippen MR) is 63.2 cm³/mol. The van der Waals surface area contributed by atoms with Gasteiger partial charge in [0.2, 0.25) is 0 Å². The van der Waals surface area contributed by atoms with Gasteiger partial charge in [-0.25, -0.2) is 4.98 Å². The van der Waals surface area contributed by atoms with Crippen LogP contribution in [0.2, 0.25) is 0 Å². The molecule has 0 saturated carbocycles. The van der Waals surface area contributed by atoms with Crippen molar-refractivity contribution in [2.75, 3.05) is 11.9 Å². The number of hydrogen-bond acceptors (Lipinski definition) is 3. The molecule has 1 aromatic heterocycles. The highest BCUT2D eigenvalue weighted by Gasteiger charge is 2.09. The maximum Gasteiger partial charge on any atom is 0.186 e. The summed E-state index contributed by atoms with van der Waals surface area (Å²) in [6.45, 7) is 4.35. The first-order chi connectivity index (χ1) is 6.68. The van der Waals surface area contributed by atoms with Crippen LogP contribution in [0.15, 0.2) is 24.3 Å². The first-order valence-corrected chi connectivity index (χ1v) is 5.58. The normalized spacial score (nSPS) is 11.1. The van der Waals surface area contributed by atoms with Crippen molar-refractivity contribution in [3.63, 3.8) is 0 Å². The molecule has 0 N–H and O–H groups in total. The monoisotopic (exact) mass is 206 g/mol. The molecule has 0 aliphatic heterocycles. The van der Waals surface area contributed by atoms with Crippen LogP contribution in [-0.4, -0.2) is 18.1 Å². The van der Waals surface area contributed by atoms with Crippen molar-refractivity contribution in [3.05, 3.63) is 24.3 Å². The van der Waals surface area contributed by atoms with E-state index in [0.29, 0.717) is 6.04 Å². The maximum atomic E-state index is 4.58. The molecule has 2 nitrogen and oxygen atoms in total. The molecule has 0 aliphatic carbocycles. The molecule has 2 aromatic rings. The molecule has 1 heterocycles. The lowest BCUT2D eigenvalue weighted by molar-refractivity contribution is 0.752. The molecule has 0 radical (unpaired) electrons. The van der Waals surface area contributed by atoms with Gasteiger partial charge in [0.1, 0.15) is 0 Å².